The molecule has 9 heteroatoms. The normalized spacial score (nSPS) is 11.3. The molecule has 126 valence electrons. The van der Waals surface area contributed by atoms with E-state index in [1.807, 2.05) is 6.92 Å². The first-order valence-corrected chi connectivity index (χ1v) is 7.71. The van der Waals surface area contributed by atoms with Crippen LogP contribution in [0.25, 0.3) is 28.8 Å². The molecule has 0 amide bonds. The van der Waals surface area contributed by atoms with Crippen LogP contribution >= 0.6 is 0 Å². The Labute approximate surface area is 142 Å². The van der Waals surface area contributed by atoms with Crippen molar-refractivity contribution in [2.24, 2.45) is 0 Å². The molecule has 0 spiro atoms. The van der Waals surface area contributed by atoms with Crippen molar-refractivity contribution in [2.45, 2.75) is 13.3 Å². The SMILES string of the molecule is COCCc1nccc(-c2nnc3nc(-c4ccco4)nn3c2C)n1. The fraction of sp³-hybridized carbons (Fsp3) is 0.250. The maximum atomic E-state index is 5.34. The predicted octanol–water partition coefficient (Wildman–Crippen LogP) is 1.73. The number of ether oxygens (including phenoxy) is 1. The molecule has 0 saturated carbocycles. The van der Waals surface area contributed by atoms with Gasteiger partial charge in [0.1, 0.15) is 11.5 Å². The van der Waals surface area contributed by atoms with Gasteiger partial charge in [-0.05, 0) is 25.1 Å². The smallest absolute Gasteiger partial charge is 0.272 e. The minimum absolute atomic E-state index is 0.404. The third-order valence-electron chi connectivity index (χ3n) is 3.71. The number of hydrogen-bond donors (Lipinski definition) is 0. The average Bonchev–Trinajstić information content (AvgIpc) is 3.30. The lowest BCUT2D eigenvalue weighted by molar-refractivity contribution is 0.200. The van der Waals surface area contributed by atoms with Gasteiger partial charge in [-0.15, -0.1) is 15.3 Å². The highest BCUT2D eigenvalue weighted by Gasteiger charge is 2.16. The van der Waals surface area contributed by atoms with E-state index < -0.39 is 0 Å². The number of rotatable bonds is 5. The summed E-state index contributed by atoms with van der Waals surface area (Å²) in [6.07, 6.45) is 3.91. The van der Waals surface area contributed by atoms with E-state index in [1.54, 1.807) is 42.3 Å². The largest absolute Gasteiger partial charge is 0.461 e. The lowest BCUT2D eigenvalue weighted by atomic mass is 10.2. The van der Waals surface area contributed by atoms with E-state index in [0.29, 0.717) is 47.6 Å². The van der Waals surface area contributed by atoms with Crippen LogP contribution < -0.4 is 0 Å². The Bertz CT molecular complexity index is 1010. The monoisotopic (exact) mass is 337 g/mol. The van der Waals surface area contributed by atoms with E-state index in [0.717, 1.165) is 5.69 Å². The van der Waals surface area contributed by atoms with E-state index in [-0.39, 0.29) is 0 Å². The topological polar surface area (TPSA) is 104 Å². The Morgan fingerprint density at radius 3 is 2.92 bits per heavy atom. The summed E-state index contributed by atoms with van der Waals surface area (Å²) in [4.78, 5) is 13.1. The highest BCUT2D eigenvalue weighted by molar-refractivity contribution is 5.58. The van der Waals surface area contributed by atoms with Gasteiger partial charge < -0.3 is 9.15 Å². The van der Waals surface area contributed by atoms with Gasteiger partial charge in [0.25, 0.3) is 5.78 Å². The van der Waals surface area contributed by atoms with Gasteiger partial charge in [0.2, 0.25) is 5.82 Å². The van der Waals surface area contributed by atoms with Crippen molar-refractivity contribution in [1.29, 1.82) is 0 Å². The van der Waals surface area contributed by atoms with Crippen molar-refractivity contribution in [3.8, 4) is 23.0 Å². The van der Waals surface area contributed by atoms with Crippen LogP contribution in [0.1, 0.15) is 11.5 Å². The molecular weight excluding hydrogens is 322 g/mol. The minimum atomic E-state index is 0.404. The molecule has 0 unspecified atom stereocenters. The second kappa shape index (κ2) is 6.36. The van der Waals surface area contributed by atoms with Crippen molar-refractivity contribution in [3.63, 3.8) is 0 Å². The Balaban J connectivity index is 1.77. The molecule has 0 atom stereocenters. The summed E-state index contributed by atoms with van der Waals surface area (Å²) in [5, 5.41) is 12.9. The molecule has 4 rings (SSSR count). The van der Waals surface area contributed by atoms with Crippen LogP contribution in [0.5, 0.6) is 0 Å². The number of aromatic nitrogens is 7. The molecule has 4 aromatic rings. The molecular formula is C16H15N7O2. The predicted molar refractivity (Wildman–Crippen MR) is 87.6 cm³/mol. The van der Waals surface area contributed by atoms with Gasteiger partial charge in [0.15, 0.2) is 5.76 Å². The number of fused-ring (bicyclic) bond motifs is 1. The fourth-order valence-corrected chi connectivity index (χ4v) is 2.45. The molecule has 0 aliphatic carbocycles. The van der Waals surface area contributed by atoms with Gasteiger partial charge >= 0.3 is 0 Å². The van der Waals surface area contributed by atoms with Crippen molar-refractivity contribution in [2.75, 3.05) is 13.7 Å². The number of hydrogen-bond acceptors (Lipinski definition) is 8. The van der Waals surface area contributed by atoms with Crippen molar-refractivity contribution in [1.82, 2.24) is 34.8 Å². The zero-order valence-electron chi connectivity index (χ0n) is 13.7. The van der Waals surface area contributed by atoms with Crippen LogP contribution in [0.4, 0.5) is 0 Å². The fourth-order valence-electron chi connectivity index (χ4n) is 2.45. The zero-order valence-corrected chi connectivity index (χ0v) is 13.7. The summed E-state index contributed by atoms with van der Waals surface area (Å²) < 4.78 is 12.0. The number of nitrogens with zero attached hydrogens (tertiary/aromatic N) is 7. The molecule has 25 heavy (non-hydrogen) atoms. The van der Waals surface area contributed by atoms with Crippen LogP contribution in [0.2, 0.25) is 0 Å². The molecule has 0 saturated heterocycles. The van der Waals surface area contributed by atoms with Crippen molar-refractivity contribution in [3.05, 3.63) is 42.2 Å². The summed E-state index contributed by atoms with van der Waals surface area (Å²) in [6.45, 7) is 2.46. The lowest BCUT2D eigenvalue weighted by Crippen LogP contribution is -2.06. The molecule has 0 aromatic carbocycles. The summed E-state index contributed by atoms with van der Waals surface area (Å²) in [6, 6.07) is 5.38. The second-order valence-electron chi connectivity index (χ2n) is 5.36. The van der Waals surface area contributed by atoms with Crippen LogP contribution in [0.15, 0.2) is 35.1 Å². The first kappa shape index (κ1) is 15.3. The highest BCUT2D eigenvalue weighted by atomic mass is 16.5. The van der Waals surface area contributed by atoms with E-state index in [2.05, 4.69) is 30.2 Å². The van der Waals surface area contributed by atoms with Gasteiger partial charge in [-0.2, -0.15) is 9.50 Å². The number of methoxy groups -OCH3 is 1. The number of furan rings is 1. The first-order chi connectivity index (χ1) is 12.3. The molecule has 4 aromatic heterocycles. The van der Waals surface area contributed by atoms with E-state index in [1.165, 1.54) is 0 Å². The van der Waals surface area contributed by atoms with Gasteiger partial charge in [-0.1, -0.05) is 0 Å². The van der Waals surface area contributed by atoms with Crippen molar-refractivity contribution < 1.29 is 9.15 Å². The minimum Gasteiger partial charge on any atom is -0.461 e. The third kappa shape index (κ3) is 2.85. The zero-order chi connectivity index (χ0) is 17.2. The van der Waals surface area contributed by atoms with Crippen LogP contribution in [0, 0.1) is 6.92 Å². The molecule has 0 fully saturated rings. The summed E-state index contributed by atoms with van der Waals surface area (Å²) in [7, 11) is 1.65. The Hall–Kier alpha value is -3.20. The molecule has 0 radical (unpaired) electrons. The van der Waals surface area contributed by atoms with Crippen molar-refractivity contribution >= 4 is 5.78 Å². The summed E-state index contributed by atoms with van der Waals surface area (Å²) >= 11 is 0. The van der Waals surface area contributed by atoms with Gasteiger partial charge in [-0.25, -0.2) is 9.97 Å². The van der Waals surface area contributed by atoms with Gasteiger partial charge in [0.05, 0.1) is 24.3 Å². The Morgan fingerprint density at radius 1 is 1.20 bits per heavy atom. The van der Waals surface area contributed by atoms with Gasteiger partial charge in [-0.3, -0.25) is 0 Å². The average molecular weight is 337 g/mol. The highest BCUT2D eigenvalue weighted by Crippen LogP contribution is 2.21. The molecule has 4 heterocycles. The third-order valence-corrected chi connectivity index (χ3v) is 3.71. The van der Waals surface area contributed by atoms with Gasteiger partial charge in [0, 0.05) is 19.7 Å². The van der Waals surface area contributed by atoms with Crippen LogP contribution in [-0.4, -0.2) is 48.5 Å². The number of aryl methyl sites for hydroxylation is 1. The first-order valence-electron chi connectivity index (χ1n) is 7.71. The summed E-state index contributed by atoms with van der Waals surface area (Å²) in [5.41, 5.74) is 2.10. The van der Waals surface area contributed by atoms with E-state index >= 15 is 0 Å². The molecule has 0 aliphatic heterocycles. The Morgan fingerprint density at radius 2 is 2.12 bits per heavy atom. The summed E-state index contributed by atoms with van der Waals surface area (Å²) in [5.74, 6) is 2.13. The second-order valence-corrected chi connectivity index (χ2v) is 5.36. The maximum Gasteiger partial charge on any atom is 0.272 e. The Kier molecular flexibility index (Phi) is 3.90. The maximum absolute atomic E-state index is 5.34. The van der Waals surface area contributed by atoms with E-state index in [9.17, 15) is 0 Å². The molecule has 0 bridgehead atoms. The van der Waals surface area contributed by atoms with Crippen LogP contribution in [-0.2, 0) is 11.2 Å². The molecule has 0 aliphatic rings. The quantitative estimate of drug-likeness (QED) is 0.542. The standard InChI is InChI=1S/C16H15N7O2/c1-10-14(11-5-7-17-13(18-11)6-9-24-2)20-21-16-19-15(22-23(10)16)12-4-3-8-25-12/h3-5,7-8H,6,9H2,1-2H3. The lowest BCUT2D eigenvalue weighted by Gasteiger charge is -2.06. The molecule has 9 nitrogen and oxygen atoms in total. The van der Waals surface area contributed by atoms with Crippen LogP contribution in [0.3, 0.4) is 0 Å². The molecule has 0 N–H and O–H groups in total. The van der Waals surface area contributed by atoms with E-state index in [4.69, 9.17) is 9.15 Å².